The van der Waals surface area contributed by atoms with Crippen LogP contribution < -0.4 is 31.1 Å². The van der Waals surface area contributed by atoms with Crippen LogP contribution in [-0.4, -0.2) is 6.71 Å². The van der Waals surface area contributed by atoms with Crippen LogP contribution >= 0.6 is 0 Å². The van der Waals surface area contributed by atoms with E-state index in [4.69, 9.17) is 0 Å². The molecule has 102 heavy (non-hydrogen) atoms. The zero-order valence-electron chi connectivity index (χ0n) is 65.9. The highest BCUT2D eigenvalue weighted by molar-refractivity contribution is 7.00. The Bertz CT molecular complexity index is 4470. The van der Waals surface area contributed by atoms with Crippen molar-refractivity contribution in [3.63, 3.8) is 0 Å². The van der Waals surface area contributed by atoms with Crippen molar-refractivity contribution < 1.29 is 0 Å². The van der Waals surface area contributed by atoms with Gasteiger partial charge in [-0.1, -0.05) is 312 Å². The third-order valence-corrected chi connectivity index (χ3v) is 21.7. The fraction of sp³-hybridized carbons (Fsp3) is 0.327. The van der Waals surface area contributed by atoms with Gasteiger partial charge in [-0.3, -0.25) is 0 Å². The van der Waals surface area contributed by atoms with E-state index in [1.54, 1.807) is 0 Å². The van der Waals surface area contributed by atoms with Crippen LogP contribution in [0.1, 0.15) is 211 Å². The maximum atomic E-state index is 2.66. The van der Waals surface area contributed by atoms with Gasteiger partial charge in [0.05, 0.1) is 5.69 Å². The summed E-state index contributed by atoms with van der Waals surface area (Å²) in [5.74, 6) is 0. The van der Waals surface area contributed by atoms with Gasteiger partial charge < -0.3 is 14.7 Å². The van der Waals surface area contributed by atoms with Crippen molar-refractivity contribution in [1.29, 1.82) is 0 Å². The average Bonchev–Trinajstić information content (AvgIpc) is 0.691. The standard InChI is InChI=1S/C98H110BN3/c1-91(2,3)71-33-25-63(26-34-71)67-53-68(64-27-35-72(36-28-64)92(4,5)6)56-81(55-67)101-86-51-45-77(97(19,20)21)59-84(86)99-85-60-78(98(22,23)24)46-52-87(85)102(82-57-69(65-29-37-73(38-30-65)93(7,8)9)54-70(58-82)66-31-39-74(40-32-66)94(10,11)12)89-62-83(61-88(101)90(89)99)100(79-47-41-75(42-48-79)95(13,14)15)80-49-43-76(44-50-80)96(16,17)18/h25-62H,1-24H3. The van der Waals surface area contributed by atoms with Crippen molar-refractivity contribution in [2.75, 3.05) is 14.7 Å². The molecule has 2 heterocycles. The number of hydrogen-bond acceptors (Lipinski definition) is 3. The molecule has 0 atom stereocenters. The van der Waals surface area contributed by atoms with Crippen LogP contribution in [0.2, 0.25) is 0 Å². The number of fused-ring (bicyclic) bond motifs is 4. The molecule has 0 spiro atoms. The molecule has 0 radical (unpaired) electrons. The maximum absolute atomic E-state index is 2.66. The summed E-state index contributed by atoms with van der Waals surface area (Å²) in [5, 5.41) is 0. The summed E-state index contributed by atoms with van der Waals surface area (Å²) in [5.41, 5.74) is 33.4. The quantitative estimate of drug-likeness (QED) is 0.133. The zero-order valence-corrected chi connectivity index (χ0v) is 65.9. The highest BCUT2D eigenvalue weighted by Crippen LogP contribution is 2.52. The van der Waals surface area contributed by atoms with Crippen LogP contribution in [0.3, 0.4) is 0 Å². The van der Waals surface area contributed by atoms with Gasteiger partial charge in [0.15, 0.2) is 0 Å². The maximum Gasteiger partial charge on any atom is 0.252 e. The van der Waals surface area contributed by atoms with Crippen LogP contribution in [0.25, 0.3) is 44.5 Å². The van der Waals surface area contributed by atoms with E-state index in [-0.39, 0.29) is 50.0 Å². The molecule has 0 saturated carbocycles. The molecule has 520 valence electrons. The molecule has 2 aliphatic rings. The van der Waals surface area contributed by atoms with Crippen molar-refractivity contribution >= 4 is 74.3 Å². The van der Waals surface area contributed by atoms with Gasteiger partial charge in [-0.05, 0) is 234 Å². The van der Waals surface area contributed by atoms with E-state index in [1.165, 1.54) is 117 Å². The van der Waals surface area contributed by atoms with Gasteiger partial charge in [0.2, 0.25) is 0 Å². The Kier molecular flexibility index (Phi) is 17.7. The molecular weight excluding hydrogens is 1230 g/mol. The Balaban J connectivity index is 1.19. The number of rotatable bonds is 9. The summed E-state index contributed by atoms with van der Waals surface area (Å²) in [6, 6.07) is 91.1. The highest BCUT2D eigenvalue weighted by Gasteiger charge is 2.45. The summed E-state index contributed by atoms with van der Waals surface area (Å²) in [7, 11) is 0. The molecule has 2 aliphatic heterocycles. The van der Waals surface area contributed by atoms with E-state index in [1.807, 2.05) is 0 Å². The van der Waals surface area contributed by atoms with Crippen molar-refractivity contribution in [3.05, 3.63) is 275 Å². The number of anilines is 9. The summed E-state index contributed by atoms with van der Waals surface area (Å²) < 4.78 is 0. The third kappa shape index (κ3) is 14.0. The van der Waals surface area contributed by atoms with E-state index < -0.39 is 0 Å². The second-order valence-corrected chi connectivity index (χ2v) is 37.8. The summed E-state index contributed by atoms with van der Waals surface area (Å²) >= 11 is 0. The normalized spacial score (nSPS) is 13.6. The first kappa shape index (κ1) is 71.3. The minimum Gasteiger partial charge on any atom is -0.311 e. The topological polar surface area (TPSA) is 9.72 Å². The van der Waals surface area contributed by atoms with Gasteiger partial charge in [0.1, 0.15) is 0 Å². The fourth-order valence-corrected chi connectivity index (χ4v) is 15.1. The van der Waals surface area contributed by atoms with Crippen molar-refractivity contribution in [2.45, 2.75) is 209 Å². The predicted octanol–water partition coefficient (Wildman–Crippen LogP) is 26.3. The molecule has 0 N–H and O–H groups in total. The van der Waals surface area contributed by atoms with E-state index in [0.717, 1.165) is 39.8 Å². The Morgan fingerprint density at radius 1 is 0.206 bits per heavy atom. The van der Waals surface area contributed by atoms with Gasteiger partial charge >= 0.3 is 0 Å². The van der Waals surface area contributed by atoms with Gasteiger partial charge in [-0.15, -0.1) is 0 Å². The van der Waals surface area contributed by atoms with Crippen LogP contribution in [0, 0.1) is 0 Å². The lowest BCUT2D eigenvalue weighted by Gasteiger charge is -2.46. The molecule has 0 aromatic heterocycles. The second-order valence-electron chi connectivity index (χ2n) is 37.8. The van der Waals surface area contributed by atoms with Gasteiger partial charge in [-0.25, -0.2) is 0 Å². The van der Waals surface area contributed by atoms with Crippen LogP contribution in [-0.2, 0) is 43.3 Å². The Hall–Kier alpha value is -9.12. The van der Waals surface area contributed by atoms with Crippen molar-refractivity contribution in [2.24, 2.45) is 0 Å². The lowest BCUT2D eigenvalue weighted by molar-refractivity contribution is 0.590. The number of nitrogens with zero attached hydrogens (tertiary/aromatic N) is 3. The first-order chi connectivity index (χ1) is 47.6. The zero-order chi connectivity index (χ0) is 73.3. The lowest BCUT2D eigenvalue weighted by atomic mass is 9.33. The molecule has 3 nitrogen and oxygen atoms in total. The molecule has 0 aliphatic carbocycles. The Labute approximate surface area is 614 Å². The number of hydrogen-bond donors (Lipinski definition) is 0. The molecular formula is C98H110BN3. The van der Waals surface area contributed by atoms with Gasteiger partial charge in [0.25, 0.3) is 6.71 Å². The third-order valence-electron chi connectivity index (χ3n) is 21.7. The average molecular weight is 1340 g/mol. The van der Waals surface area contributed by atoms with Crippen molar-refractivity contribution in [1.82, 2.24) is 0 Å². The second kappa shape index (κ2) is 25.4. The first-order valence-corrected chi connectivity index (χ1v) is 37.4. The highest BCUT2D eigenvalue weighted by atomic mass is 15.2. The summed E-state index contributed by atoms with van der Waals surface area (Å²) in [6.07, 6.45) is 0. The first-order valence-electron chi connectivity index (χ1n) is 37.4. The predicted molar refractivity (Wildman–Crippen MR) is 446 cm³/mol. The molecule has 13 rings (SSSR count). The van der Waals surface area contributed by atoms with Crippen LogP contribution in [0.4, 0.5) is 51.2 Å². The smallest absolute Gasteiger partial charge is 0.252 e. The minimum atomic E-state index is -0.160. The lowest BCUT2D eigenvalue weighted by Crippen LogP contribution is -2.61. The molecule has 0 fully saturated rings. The van der Waals surface area contributed by atoms with E-state index in [0.29, 0.717) is 0 Å². The molecule has 0 unspecified atom stereocenters. The molecule has 0 amide bonds. The molecule has 11 aromatic rings. The van der Waals surface area contributed by atoms with E-state index in [9.17, 15) is 0 Å². The molecule has 11 aromatic carbocycles. The van der Waals surface area contributed by atoms with Crippen LogP contribution in [0.5, 0.6) is 0 Å². The SMILES string of the molecule is CC(C)(C)c1ccc(-c2cc(-c3ccc(C(C)(C)C)cc3)cc(N3c4ccc(C(C)(C)C)cc4B4c5cc(C(C)(C)C)ccc5N(c5cc(-c6ccc(C(C)(C)C)cc6)cc(-c6ccc(C(C)(C)C)cc6)c5)c5cc(N(c6ccc(C(C)(C)C)cc6)c6ccc(C(C)(C)C)cc6)cc3c54)c2)cc1. The van der Waals surface area contributed by atoms with Gasteiger partial charge in [-0.2, -0.15) is 0 Å². The van der Waals surface area contributed by atoms with E-state index in [2.05, 4.69) is 411 Å². The minimum absolute atomic E-state index is 0.0000157. The largest absolute Gasteiger partial charge is 0.311 e. The summed E-state index contributed by atoms with van der Waals surface area (Å²) in [6.45, 7) is 55.6. The number of benzene rings is 11. The van der Waals surface area contributed by atoms with Gasteiger partial charge in [0, 0.05) is 45.5 Å². The Morgan fingerprint density at radius 3 is 0.667 bits per heavy atom. The summed E-state index contributed by atoms with van der Waals surface area (Å²) in [4.78, 5) is 7.86. The Morgan fingerprint density at radius 2 is 0.431 bits per heavy atom. The van der Waals surface area contributed by atoms with Crippen LogP contribution in [0.15, 0.2) is 231 Å². The van der Waals surface area contributed by atoms with E-state index >= 15 is 0 Å². The van der Waals surface area contributed by atoms with Crippen molar-refractivity contribution in [3.8, 4) is 44.5 Å². The molecule has 0 saturated heterocycles. The fourth-order valence-electron chi connectivity index (χ4n) is 15.1. The molecule has 4 heteroatoms. The monoisotopic (exact) mass is 1340 g/mol. The molecule has 0 bridgehead atoms.